The number of hydrogen-bond donors (Lipinski definition) is 2. The SMILES string of the molecule is COc1ccc(NC(=O)C(C)N2C(=O)C(C)(C)Nc3ccccc32)cc1OC. The number of benzene rings is 2. The van der Waals surface area contributed by atoms with E-state index in [2.05, 4.69) is 10.6 Å². The molecule has 7 nitrogen and oxygen atoms in total. The van der Waals surface area contributed by atoms with Gasteiger partial charge in [-0.15, -0.1) is 0 Å². The number of amides is 2. The highest BCUT2D eigenvalue weighted by molar-refractivity contribution is 6.12. The van der Waals surface area contributed by atoms with Crippen LogP contribution in [0.3, 0.4) is 0 Å². The van der Waals surface area contributed by atoms with Gasteiger partial charge in [0, 0.05) is 11.8 Å². The van der Waals surface area contributed by atoms with Crippen molar-refractivity contribution in [2.24, 2.45) is 0 Å². The average molecular weight is 383 g/mol. The van der Waals surface area contributed by atoms with Gasteiger partial charge in [-0.1, -0.05) is 12.1 Å². The topological polar surface area (TPSA) is 79.9 Å². The molecule has 0 saturated heterocycles. The van der Waals surface area contributed by atoms with Crippen molar-refractivity contribution in [2.45, 2.75) is 32.4 Å². The number of carbonyl (C=O) groups is 2. The van der Waals surface area contributed by atoms with Crippen LogP contribution in [0.25, 0.3) is 0 Å². The summed E-state index contributed by atoms with van der Waals surface area (Å²) in [7, 11) is 3.08. The van der Waals surface area contributed by atoms with Crippen molar-refractivity contribution in [1.82, 2.24) is 0 Å². The average Bonchev–Trinajstić information content (AvgIpc) is 2.68. The zero-order valence-electron chi connectivity index (χ0n) is 16.7. The molecule has 0 fully saturated rings. The smallest absolute Gasteiger partial charge is 0.252 e. The van der Waals surface area contributed by atoms with Gasteiger partial charge in [0.05, 0.1) is 25.6 Å². The molecule has 2 aromatic carbocycles. The second-order valence-electron chi connectivity index (χ2n) is 7.18. The summed E-state index contributed by atoms with van der Waals surface area (Å²) in [6, 6.07) is 11.9. The first-order chi connectivity index (χ1) is 13.3. The predicted molar refractivity (Wildman–Crippen MR) is 109 cm³/mol. The van der Waals surface area contributed by atoms with E-state index in [1.165, 1.54) is 7.11 Å². The van der Waals surface area contributed by atoms with Crippen LogP contribution in [0.4, 0.5) is 17.1 Å². The fourth-order valence-corrected chi connectivity index (χ4v) is 3.25. The van der Waals surface area contributed by atoms with Crippen molar-refractivity contribution < 1.29 is 19.1 Å². The molecule has 28 heavy (non-hydrogen) atoms. The van der Waals surface area contributed by atoms with E-state index in [0.717, 1.165) is 5.69 Å². The van der Waals surface area contributed by atoms with Crippen molar-refractivity contribution >= 4 is 28.9 Å². The summed E-state index contributed by atoms with van der Waals surface area (Å²) in [6.07, 6.45) is 0. The van der Waals surface area contributed by atoms with Gasteiger partial charge in [-0.05, 0) is 45.0 Å². The number of para-hydroxylation sites is 2. The molecule has 3 rings (SSSR count). The maximum atomic E-state index is 13.0. The maximum absolute atomic E-state index is 13.0. The summed E-state index contributed by atoms with van der Waals surface area (Å²) in [6.45, 7) is 5.32. The number of anilines is 3. The lowest BCUT2D eigenvalue weighted by molar-refractivity contribution is -0.125. The van der Waals surface area contributed by atoms with Crippen molar-refractivity contribution in [3.63, 3.8) is 0 Å². The lowest BCUT2D eigenvalue weighted by Gasteiger charge is -2.42. The zero-order chi connectivity index (χ0) is 20.5. The Balaban J connectivity index is 1.88. The van der Waals surface area contributed by atoms with Gasteiger partial charge in [0.2, 0.25) is 5.91 Å². The number of rotatable bonds is 5. The molecule has 0 radical (unpaired) electrons. The van der Waals surface area contributed by atoms with Gasteiger partial charge < -0.3 is 20.1 Å². The first-order valence-corrected chi connectivity index (χ1v) is 9.02. The Labute approximate surface area is 164 Å². The molecule has 0 aromatic heterocycles. The van der Waals surface area contributed by atoms with Crippen LogP contribution in [0, 0.1) is 0 Å². The minimum Gasteiger partial charge on any atom is -0.493 e. The van der Waals surface area contributed by atoms with Crippen LogP contribution in [-0.4, -0.2) is 37.6 Å². The molecule has 0 saturated carbocycles. The fourth-order valence-electron chi connectivity index (χ4n) is 3.25. The van der Waals surface area contributed by atoms with E-state index < -0.39 is 11.6 Å². The van der Waals surface area contributed by atoms with Gasteiger partial charge in [0.15, 0.2) is 11.5 Å². The van der Waals surface area contributed by atoms with Crippen molar-refractivity contribution in [2.75, 3.05) is 29.8 Å². The summed E-state index contributed by atoms with van der Waals surface area (Å²) in [5.74, 6) is 0.619. The Morgan fingerprint density at radius 1 is 1.11 bits per heavy atom. The fraction of sp³-hybridized carbons (Fsp3) is 0.333. The van der Waals surface area contributed by atoms with E-state index in [4.69, 9.17) is 9.47 Å². The largest absolute Gasteiger partial charge is 0.493 e. The van der Waals surface area contributed by atoms with Gasteiger partial charge in [0.1, 0.15) is 11.6 Å². The van der Waals surface area contributed by atoms with Gasteiger partial charge in [0.25, 0.3) is 5.91 Å². The van der Waals surface area contributed by atoms with Crippen molar-refractivity contribution in [1.29, 1.82) is 0 Å². The molecule has 2 amide bonds. The number of nitrogens with one attached hydrogen (secondary N) is 2. The van der Waals surface area contributed by atoms with Crippen LogP contribution >= 0.6 is 0 Å². The minimum absolute atomic E-state index is 0.166. The first kappa shape index (κ1) is 19.5. The molecule has 2 N–H and O–H groups in total. The third-order valence-electron chi connectivity index (χ3n) is 4.78. The van der Waals surface area contributed by atoms with Crippen molar-refractivity contribution in [3.05, 3.63) is 42.5 Å². The van der Waals surface area contributed by atoms with E-state index in [-0.39, 0.29) is 11.8 Å². The molecule has 0 bridgehead atoms. The first-order valence-electron chi connectivity index (χ1n) is 9.02. The molecule has 7 heteroatoms. The normalized spacial score (nSPS) is 15.9. The molecule has 148 valence electrons. The highest BCUT2D eigenvalue weighted by Crippen LogP contribution is 2.36. The number of hydrogen-bond acceptors (Lipinski definition) is 5. The molecule has 0 spiro atoms. The lowest BCUT2D eigenvalue weighted by atomic mass is 9.96. The van der Waals surface area contributed by atoms with Crippen LogP contribution in [0.5, 0.6) is 11.5 Å². The molecule has 1 unspecified atom stereocenters. The van der Waals surface area contributed by atoms with E-state index in [0.29, 0.717) is 22.9 Å². The maximum Gasteiger partial charge on any atom is 0.252 e. The van der Waals surface area contributed by atoms with Crippen LogP contribution in [-0.2, 0) is 9.59 Å². The Morgan fingerprint density at radius 3 is 2.46 bits per heavy atom. The highest BCUT2D eigenvalue weighted by atomic mass is 16.5. The molecular formula is C21H25N3O4. The number of methoxy groups -OCH3 is 2. The van der Waals surface area contributed by atoms with E-state index in [9.17, 15) is 9.59 Å². The lowest BCUT2D eigenvalue weighted by Crippen LogP contribution is -2.58. The van der Waals surface area contributed by atoms with Gasteiger partial charge >= 0.3 is 0 Å². The van der Waals surface area contributed by atoms with E-state index in [1.807, 2.05) is 24.3 Å². The Morgan fingerprint density at radius 2 is 1.79 bits per heavy atom. The van der Waals surface area contributed by atoms with Gasteiger partial charge in [-0.2, -0.15) is 0 Å². The van der Waals surface area contributed by atoms with E-state index >= 15 is 0 Å². The summed E-state index contributed by atoms with van der Waals surface area (Å²) in [5, 5.41) is 6.09. The number of nitrogens with zero attached hydrogens (tertiary/aromatic N) is 1. The summed E-state index contributed by atoms with van der Waals surface area (Å²) >= 11 is 0. The monoisotopic (exact) mass is 383 g/mol. The minimum atomic E-state index is -0.813. The quantitative estimate of drug-likeness (QED) is 0.828. The second kappa shape index (κ2) is 7.42. The van der Waals surface area contributed by atoms with Gasteiger partial charge in [-0.25, -0.2) is 0 Å². The second-order valence-corrected chi connectivity index (χ2v) is 7.18. The third-order valence-corrected chi connectivity index (χ3v) is 4.78. The van der Waals surface area contributed by atoms with Crippen LogP contribution < -0.4 is 25.0 Å². The molecule has 0 aliphatic carbocycles. The highest BCUT2D eigenvalue weighted by Gasteiger charge is 2.42. The molecule has 1 atom stereocenters. The molecule has 2 aromatic rings. The Hall–Kier alpha value is -3.22. The molecule has 1 aliphatic heterocycles. The third kappa shape index (κ3) is 3.47. The summed E-state index contributed by atoms with van der Waals surface area (Å²) in [5.41, 5.74) is 1.25. The van der Waals surface area contributed by atoms with Gasteiger partial charge in [-0.3, -0.25) is 14.5 Å². The Bertz CT molecular complexity index is 910. The zero-order valence-corrected chi connectivity index (χ0v) is 16.7. The molecule has 1 aliphatic rings. The van der Waals surface area contributed by atoms with E-state index in [1.54, 1.807) is 51.0 Å². The number of carbonyl (C=O) groups excluding carboxylic acids is 2. The Kier molecular flexibility index (Phi) is 5.18. The standard InChI is InChI=1S/C21H25N3O4/c1-13(19(25)22-14-10-11-17(27-4)18(12-14)28-5)24-16-9-7-6-8-15(16)23-21(2,3)20(24)26/h6-13,23H,1-5H3,(H,22,25). The summed E-state index contributed by atoms with van der Waals surface area (Å²) < 4.78 is 10.5. The van der Waals surface area contributed by atoms with Crippen LogP contribution in [0.15, 0.2) is 42.5 Å². The van der Waals surface area contributed by atoms with Crippen LogP contribution in [0.1, 0.15) is 20.8 Å². The molecule has 1 heterocycles. The summed E-state index contributed by atoms with van der Waals surface area (Å²) in [4.78, 5) is 27.5. The number of fused-ring (bicyclic) bond motifs is 1. The van der Waals surface area contributed by atoms with Crippen molar-refractivity contribution in [3.8, 4) is 11.5 Å². The predicted octanol–water partition coefficient (Wildman–Crippen LogP) is 3.27. The molecular weight excluding hydrogens is 358 g/mol. The van der Waals surface area contributed by atoms with Crippen LogP contribution in [0.2, 0.25) is 0 Å². The number of ether oxygens (including phenoxy) is 2.